The van der Waals surface area contributed by atoms with Crippen LogP contribution in [0.2, 0.25) is 0 Å². The first-order chi connectivity index (χ1) is 10.9. The largest absolute Gasteiger partial charge is 0.262 e. The number of allylic oxidation sites excluding steroid dienone is 1. The van der Waals surface area contributed by atoms with Crippen LogP contribution < -0.4 is 4.72 Å². The standard InChI is InChI=1S/C20H25NS2/c1-13(2)18-16-11-20(3,4)10-9-17(16)23-19(18)15-8-6-5-7-14(15)12-21-22/h5-8,21-22H,1,9-12H2,2-4H3. The van der Waals surface area contributed by atoms with Gasteiger partial charge >= 0.3 is 0 Å². The maximum atomic E-state index is 4.29. The van der Waals surface area contributed by atoms with E-state index in [0.29, 0.717) is 5.41 Å². The highest BCUT2D eigenvalue weighted by Crippen LogP contribution is 2.47. The SMILES string of the molecule is C=C(C)c1c(-c2ccccc2CNS)sc2c1CC(C)(C)CC2. The first-order valence-electron chi connectivity index (χ1n) is 8.18. The Bertz CT molecular complexity index is 740. The number of aryl methyl sites for hydroxylation is 1. The Kier molecular flexibility index (Phi) is 4.73. The van der Waals surface area contributed by atoms with Gasteiger partial charge in [0.25, 0.3) is 0 Å². The Morgan fingerprint density at radius 2 is 2.09 bits per heavy atom. The van der Waals surface area contributed by atoms with Gasteiger partial charge in [-0.1, -0.05) is 57.5 Å². The molecule has 0 radical (unpaired) electrons. The van der Waals surface area contributed by atoms with Crippen LogP contribution >= 0.6 is 24.2 Å². The summed E-state index contributed by atoms with van der Waals surface area (Å²) in [7, 11) is 0. The molecule has 0 atom stereocenters. The molecule has 0 unspecified atom stereocenters. The van der Waals surface area contributed by atoms with E-state index in [4.69, 9.17) is 0 Å². The minimum atomic E-state index is 0.391. The van der Waals surface area contributed by atoms with Gasteiger partial charge in [0.05, 0.1) is 0 Å². The Morgan fingerprint density at radius 1 is 1.35 bits per heavy atom. The summed E-state index contributed by atoms with van der Waals surface area (Å²) < 4.78 is 2.99. The number of hydrogen-bond donors (Lipinski definition) is 2. The van der Waals surface area contributed by atoms with Gasteiger partial charge in [-0.25, -0.2) is 0 Å². The predicted octanol–water partition coefficient (Wildman–Crippen LogP) is 5.90. The quantitative estimate of drug-likeness (QED) is 0.659. The Hall–Kier alpha value is -1.03. The maximum Gasteiger partial charge on any atom is 0.0426 e. The van der Waals surface area contributed by atoms with Crippen LogP contribution in [0.5, 0.6) is 0 Å². The van der Waals surface area contributed by atoms with Crippen LogP contribution in [-0.2, 0) is 19.4 Å². The molecule has 0 saturated heterocycles. The molecule has 0 amide bonds. The van der Waals surface area contributed by atoms with Crippen molar-refractivity contribution in [2.75, 3.05) is 0 Å². The van der Waals surface area contributed by atoms with Crippen molar-refractivity contribution in [1.82, 2.24) is 4.72 Å². The zero-order valence-electron chi connectivity index (χ0n) is 14.2. The van der Waals surface area contributed by atoms with Crippen molar-refractivity contribution < 1.29 is 0 Å². The molecule has 0 saturated carbocycles. The molecule has 1 aromatic heterocycles. The zero-order chi connectivity index (χ0) is 16.6. The lowest BCUT2D eigenvalue weighted by atomic mass is 9.75. The fraction of sp³-hybridized carbons (Fsp3) is 0.400. The molecule has 3 rings (SSSR count). The summed E-state index contributed by atoms with van der Waals surface area (Å²) in [6.07, 6.45) is 3.63. The maximum absolute atomic E-state index is 4.29. The lowest BCUT2D eigenvalue weighted by Gasteiger charge is -2.30. The number of thiophene rings is 1. The molecule has 122 valence electrons. The topological polar surface area (TPSA) is 12.0 Å². The molecular weight excluding hydrogens is 318 g/mol. The van der Waals surface area contributed by atoms with Crippen LogP contribution in [0, 0.1) is 5.41 Å². The summed E-state index contributed by atoms with van der Waals surface area (Å²) in [6.45, 7) is 12.0. The van der Waals surface area contributed by atoms with E-state index in [2.05, 4.69) is 69.2 Å². The third kappa shape index (κ3) is 3.28. The normalized spacial score (nSPS) is 16.2. The van der Waals surface area contributed by atoms with E-state index in [-0.39, 0.29) is 0 Å². The van der Waals surface area contributed by atoms with Crippen molar-refractivity contribution in [3.63, 3.8) is 0 Å². The Labute approximate surface area is 149 Å². The molecule has 0 spiro atoms. The Balaban J connectivity index is 2.18. The molecule has 2 aromatic rings. The van der Waals surface area contributed by atoms with Gasteiger partial charge < -0.3 is 0 Å². The average Bonchev–Trinajstić information content (AvgIpc) is 2.85. The molecule has 0 bridgehead atoms. The van der Waals surface area contributed by atoms with E-state index >= 15 is 0 Å². The van der Waals surface area contributed by atoms with E-state index in [0.717, 1.165) is 13.0 Å². The lowest BCUT2D eigenvalue weighted by Crippen LogP contribution is -2.21. The van der Waals surface area contributed by atoms with Gasteiger partial charge in [0, 0.05) is 16.3 Å². The fourth-order valence-electron chi connectivity index (χ4n) is 3.54. The highest BCUT2D eigenvalue weighted by atomic mass is 32.1. The van der Waals surface area contributed by atoms with Crippen LogP contribution in [0.4, 0.5) is 0 Å². The lowest BCUT2D eigenvalue weighted by molar-refractivity contribution is 0.317. The predicted molar refractivity (Wildman–Crippen MR) is 106 cm³/mol. The molecule has 1 aromatic carbocycles. The van der Waals surface area contributed by atoms with Gasteiger partial charge in [-0.05, 0) is 59.4 Å². The van der Waals surface area contributed by atoms with Gasteiger partial charge in [-0.3, -0.25) is 4.72 Å². The summed E-state index contributed by atoms with van der Waals surface area (Å²) in [6, 6.07) is 8.64. The molecule has 1 aliphatic carbocycles. The molecule has 0 aliphatic heterocycles. The summed E-state index contributed by atoms with van der Waals surface area (Å²) in [5.74, 6) is 0. The third-order valence-corrected chi connectivity index (χ3v) is 6.22. The first kappa shape index (κ1) is 16.8. The number of hydrogen-bond acceptors (Lipinski definition) is 3. The van der Waals surface area contributed by atoms with E-state index in [1.54, 1.807) is 10.4 Å². The zero-order valence-corrected chi connectivity index (χ0v) is 15.9. The highest BCUT2D eigenvalue weighted by molar-refractivity contribution is 7.78. The first-order valence-corrected chi connectivity index (χ1v) is 9.45. The molecule has 23 heavy (non-hydrogen) atoms. The second-order valence-corrected chi connectivity index (χ2v) is 8.74. The van der Waals surface area contributed by atoms with E-state index < -0.39 is 0 Å². The number of fused-ring (bicyclic) bond motifs is 1. The Morgan fingerprint density at radius 3 is 2.78 bits per heavy atom. The number of nitrogens with one attached hydrogen (secondary N) is 1. The van der Waals surface area contributed by atoms with Crippen LogP contribution in [0.15, 0.2) is 30.8 Å². The highest BCUT2D eigenvalue weighted by Gasteiger charge is 2.31. The minimum Gasteiger partial charge on any atom is -0.262 e. The summed E-state index contributed by atoms with van der Waals surface area (Å²) in [5, 5.41) is 0. The molecular formula is C20H25NS2. The summed E-state index contributed by atoms with van der Waals surface area (Å²) >= 11 is 6.16. The second-order valence-electron chi connectivity index (χ2n) is 7.32. The molecule has 1 N–H and O–H groups in total. The van der Waals surface area contributed by atoms with Crippen LogP contribution in [0.3, 0.4) is 0 Å². The molecule has 3 heteroatoms. The fourth-order valence-corrected chi connectivity index (χ4v) is 5.17. The van der Waals surface area contributed by atoms with Crippen molar-refractivity contribution in [2.24, 2.45) is 5.41 Å². The summed E-state index contributed by atoms with van der Waals surface area (Å²) in [4.78, 5) is 2.95. The van der Waals surface area contributed by atoms with Crippen molar-refractivity contribution in [3.8, 4) is 10.4 Å². The third-order valence-electron chi connectivity index (χ3n) is 4.73. The number of benzene rings is 1. The van der Waals surface area contributed by atoms with Crippen molar-refractivity contribution >= 4 is 29.7 Å². The van der Waals surface area contributed by atoms with Crippen molar-refractivity contribution in [1.29, 1.82) is 0 Å². The molecule has 1 heterocycles. The minimum absolute atomic E-state index is 0.391. The number of thiol groups is 1. The molecule has 0 fully saturated rings. The van der Waals surface area contributed by atoms with Crippen molar-refractivity contribution in [3.05, 3.63) is 52.4 Å². The van der Waals surface area contributed by atoms with Gasteiger partial charge in [-0.2, -0.15) is 0 Å². The van der Waals surface area contributed by atoms with Gasteiger partial charge in [0.15, 0.2) is 0 Å². The van der Waals surface area contributed by atoms with Gasteiger partial charge in [0.2, 0.25) is 0 Å². The average molecular weight is 344 g/mol. The molecule has 1 aliphatic rings. The van der Waals surface area contributed by atoms with Crippen LogP contribution in [-0.4, -0.2) is 0 Å². The monoisotopic (exact) mass is 343 g/mol. The van der Waals surface area contributed by atoms with Gasteiger partial charge in [0.1, 0.15) is 0 Å². The van der Waals surface area contributed by atoms with E-state index in [9.17, 15) is 0 Å². The van der Waals surface area contributed by atoms with E-state index in [1.165, 1.54) is 40.0 Å². The van der Waals surface area contributed by atoms with E-state index in [1.807, 2.05) is 11.3 Å². The van der Waals surface area contributed by atoms with Crippen LogP contribution in [0.1, 0.15) is 48.8 Å². The van der Waals surface area contributed by atoms with Crippen LogP contribution in [0.25, 0.3) is 16.0 Å². The molecule has 1 nitrogen and oxygen atoms in total. The van der Waals surface area contributed by atoms with Gasteiger partial charge in [-0.15, -0.1) is 11.3 Å². The second kappa shape index (κ2) is 6.46. The summed E-state index contributed by atoms with van der Waals surface area (Å²) in [5.41, 5.74) is 7.13. The smallest absolute Gasteiger partial charge is 0.0426 e. The number of rotatable bonds is 4. The van der Waals surface area contributed by atoms with Crippen molar-refractivity contribution in [2.45, 2.75) is 46.6 Å².